The van der Waals surface area contributed by atoms with E-state index in [-0.39, 0.29) is 23.8 Å². The molecule has 2 N–H and O–H groups in total. The van der Waals surface area contributed by atoms with Crippen LogP contribution in [0, 0.1) is 19.8 Å². The maximum Gasteiger partial charge on any atom is 0.408 e. The Morgan fingerprint density at radius 2 is 1.70 bits per heavy atom. The van der Waals surface area contributed by atoms with E-state index in [0.29, 0.717) is 16.3 Å². The first kappa shape index (κ1) is 28.5. The van der Waals surface area contributed by atoms with Gasteiger partial charge in [0.25, 0.3) is 5.91 Å². The van der Waals surface area contributed by atoms with E-state index in [2.05, 4.69) is 10.6 Å². The van der Waals surface area contributed by atoms with Gasteiger partial charge in [-0.1, -0.05) is 67.4 Å². The summed E-state index contributed by atoms with van der Waals surface area (Å²) in [5, 5.41) is 6.16. The molecule has 1 aliphatic carbocycles. The van der Waals surface area contributed by atoms with Gasteiger partial charge in [-0.3, -0.25) is 9.59 Å². The molecule has 7 nitrogen and oxygen atoms in total. The molecule has 0 bridgehead atoms. The zero-order valence-corrected chi connectivity index (χ0v) is 23.5. The molecule has 2 aromatic rings. The van der Waals surface area contributed by atoms with Crippen molar-refractivity contribution in [2.24, 2.45) is 5.92 Å². The third-order valence-electron chi connectivity index (χ3n) is 6.15. The van der Waals surface area contributed by atoms with Gasteiger partial charge in [0.1, 0.15) is 17.7 Å². The van der Waals surface area contributed by atoms with Gasteiger partial charge >= 0.3 is 6.09 Å². The Kier molecular flexibility index (Phi) is 8.90. The molecule has 1 fully saturated rings. The molecule has 0 radical (unpaired) electrons. The summed E-state index contributed by atoms with van der Waals surface area (Å²) in [7, 11) is 0. The van der Waals surface area contributed by atoms with Crippen molar-refractivity contribution in [1.29, 1.82) is 0 Å². The summed E-state index contributed by atoms with van der Waals surface area (Å²) < 4.78 is 5.42. The quantitative estimate of drug-likeness (QED) is 0.429. The molecule has 37 heavy (non-hydrogen) atoms. The molecule has 1 aliphatic rings. The molecule has 200 valence electrons. The van der Waals surface area contributed by atoms with Crippen LogP contribution >= 0.6 is 11.6 Å². The Morgan fingerprint density at radius 1 is 1.05 bits per heavy atom. The fourth-order valence-corrected chi connectivity index (χ4v) is 4.51. The lowest BCUT2D eigenvalue weighted by Crippen LogP contribution is -2.55. The molecule has 0 aliphatic heterocycles. The van der Waals surface area contributed by atoms with Crippen LogP contribution in [0.15, 0.2) is 42.5 Å². The molecule has 0 spiro atoms. The second-order valence-electron chi connectivity index (χ2n) is 11.1. The average molecular weight is 528 g/mol. The zero-order valence-electron chi connectivity index (χ0n) is 22.7. The number of para-hydroxylation sites is 1. The number of hydrogen-bond acceptors (Lipinski definition) is 4. The predicted molar refractivity (Wildman–Crippen MR) is 147 cm³/mol. The van der Waals surface area contributed by atoms with Gasteiger partial charge in [-0.05, 0) is 70.6 Å². The highest BCUT2D eigenvalue weighted by Gasteiger charge is 2.45. The molecule has 3 amide bonds. The lowest BCUT2D eigenvalue weighted by Gasteiger charge is -2.36. The summed E-state index contributed by atoms with van der Waals surface area (Å²) in [5.74, 6) is -0.906. The number of alkyl carbamates (subject to hydrolysis) is 1. The Balaban J connectivity index is 2.01. The van der Waals surface area contributed by atoms with Crippen molar-refractivity contribution in [2.45, 2.75) is 85.0 Å². The Labute approximate surface area is 224 Å². The van der Waals surface area contributed by atoms with Crippen LogP contribution in [0.4, 0.5) is 10.5 Å². The third-order valence-corrected chi connectivity index (χ3v) is 6.47. The van der Waals surface area contributed by atoms with Crippen LogP contribution in [0.5, 0.6) is 0 Å². The molecule has 2 aromatic carbocycles. The summed E-state index contributed by atoms with van der Waals surface area (Å²) in [6.45, 7) is 12.8. The molecule has 0 heterocycles. The van der Waals surface area contributed by atoms with Crippen LogP contribution in [0.3, 0.4) is 0 Å². The molecular weight excluding hydrogens is 490 g/mol. The van der Waals surface area contributed by atoms with E-state index in [1.165, 1.54) is 0 Å². The highest BCUT2D eigenvalue weighted by atomic mass is 35.5. The second-order valence-corrected chi connectivity index (χ2v) is 11.5. The van der Waals surface area contributed by atoms with Crippen LogP contribution in [-0.4, -0.2) is 40.5 Å². The predicted octanol–water partition coefficient (Wildman–Crippen LogP) is 6.18. The second kappa shape index (κ2) is 11.5. The number of hydrogen-bond donors (Lipinski definition) is 2. The number of amides is 3. The molecule has 1 saturated carbocycles. The van der Waals surface area contributed by atoms with E-state index in [1.807, 2.05) is 64.1 Å². The van der Waals surface area contributed by atoms with Gasteiger partial charge in [-0.2, -0.15) is 0 Å². The van der Waals surface area contributed by atoms with E-state index >= 15 is 0 Å². The molecule has 3 rings (SSSR count). The minimum atomic E-state index is -0.905. The summed E-state index contributed by atoms with van der Waals surface area (Å²) in [4.78, 5) is 42.3. The van der Waals surface area contributed by atoms with E-state index < -0.39 is 23.8 Å². The smallest absolute Gasteiger partial charge is 0.408 e. The number of carbonyl (C=O) groups excluding carboxylic acids is 3. The fourth-order valence-electron chi connectivity index (χ4n) is 4.24. The number of nitrogens with zero attached hydrogens (tertiary/aromatic N) is 1. The largest absolute Gasteiger partial charge is 0.444 e. The number of benzene rings is 2. The van der Waals surface area contributed by atoms with Crippen molar-refractivity contribution in [1.82, 2.24) is 10.2 Å². The van der Waals surface area contributed by atoms with Crippen LogP contribution in [0.2, 0.25) is 5.02 Å². The number of aryl methyl sites for hydroxylation is 2. The third kappa shape index (κ3) is 7.48. The number of ether oxygens (including phenoxy) is 1. The summed E-state index contributed by atoms with van der Waals surface area (Å²) >= 11 is 6.41. The standard InChI is InChI=1S/C29H38ClN3O4/c1-17(2)23(32-28(36)37-29(5,6)7)27(35)33(21-14-15-21)25(20-12-8-10-18(3)16-20)26(34)31-24-19(4)11-9-13-22(24)30/h8-13,16-17,21,23,25H,14-15H2,1-7H3,(H,31,34)(H,32,36). The van der Waals surface area contributed by atoms with E-state index in [1.54, 1.807) is 31.7 Å². The zero-order chi connectivity index (χ0) is 27.5. The van der Waals surface area contributed by atoms with E-state index in [0.717, 1.165) is 24.0 Å². The van der Waals surface area contributed by atoms with Crippen molar-refractivity contribution in [3.05, 3.63) is 64.2 Å². The number of carbonyl (C=O) groups is 3. The fraction of sp³-hybridized carbons (Fsp3) is 0.483. The van der Waals surface area contributed by atoms with Crippen molar-refractivity contribution in [3.8, 4) is 0 Å². The number of anilines is 1. The lowest BCUT2D eigenvalue weighted by molar-refractivity contribution is -0.142. The van der Waals surface area contributed by atoms with Crippen molar-refractivity contribution in [2.75, 3.05) is 5.32 Å². The van der Waals surface area contributed by atoms with Gasteiger partial charge in [-0.15, -0.1) is 0 Å². The minimum Gasteiger partial charge on any atom is -0.444 e. The number of halogens is 1. The van der Waals surface area contributed by atoms with Gasteiger partial charge in [0, 0.05) is 6.04 Å². The first-order valence-corrected chi connectivity index (χ1v) is 13.1. The van der Waals surface area contributed by atoms with Crippen LogP contribution < -0.4 is 10.6 Å². The van der Waals surface area contributed by atoms with Crippen molar-refractivity contribution in [3.63, 3.8) is 0 Å². The summed E-state index contributed by atoms with van der Waals surface area (Å²) in [6, 6.07) is 11.1. The normalized spacial score (nSPS) is 15.1. The minimum absolute atomic E-state index is 0.113. The first-order valence-electron chi connectivity index (χ1n) is 12.7. The topological polar surface area (TPSA) is 87.7 Å². The van der Waals surface area contributed by atoms with Crippen molar-refractivity contribution >= 4 is 35.2 Å². The number of nitrogens with one attached hydrogen (secondary N) is 2. The van der Waals surface area contributed by atoms with Crippen LogP contribution in [-0.2, 0) is 14.3 Å². The highest BCUT2D eigenvalue weighted by molar-refractivity contribution is 6.34. The van der Waals surface area contributed by atoms with Gasteiger partial charge in [0.15, 0.2) is 0 Å². The van der Waals surface area contributed by atoms with Gasteiger partial charge < -0.3 is 20.3 Å². The maximum atomic E-state index is 14.1. The SMILES string of the molecule is Cc1cccc(C(C(=O)Nc2c(C)cccc2Cl)N(C(=O)C(NC(=O)OC(C)(C)C)C(C)C)C2CC2)c1. The van der Waals surface area contributed by atoms with Gasteiger partial charge in [-0.25, -0.2) is 4.79 Å². The van der Waals surface area contributed by atoms with E-state index in [9.17, 15) is 14.4 Å². The van der Waals surface area contributed by atoms with Gasteiger partial charge in [0.05, 0.1) is 10.7 Å². The van der Waals surface area contributed by atoms with Crippen LogP contribution in [0.25, 0.3) is 0 Å². The molecule has 0 saturated heterocycles. The number of rotatable bonds is 8. The van der Waals surface area contributed by atoms with Gasteiger partial charge in [0.2, 0.25) is 5.91 Å². The highest BCUT2D eigenvalue weighted by Crippen LogP contribution is 2.37. The molecule has 0 aromatic heterocycles. The first-order chi connectivity index (χ1) is 17.3. The molecular formula is C29H38ClN3O4. The summed E-state index contributed by atoms with van der Waals surface area (Å²) in [5.41, 5.74) is 2.30. The van der Waals surface area contributed by atoms with Crippen LogP contribution in [0.1, 0.15) is 70.2 Å². The summed E-state index contributed by atoms with van der Waals surface area (Å²) in [6.07, 6.45) is 0.895. The van der Waals surface area contributed by atoms with E-state index in [4.69, 9.17) is 16.3 Å². The maximum absolute atomic E-state index is 14.1. The Bertz CT molecular complexity index is 1130. The average Bonchev–Trinajstić information content (AvgIpc) is 3.61. The Morgan fingerprint density at radius 3 is 2.24 bits per heavy atom. The Hall–Kier alpha value is -3.06. The molecule has 2 unspecified atom stereocenters. The van der Waals surface area contributed by atoms with Crippen molar-refractivity contribution < 1.29 is 19.1 Å². The monoisotopic (exact) mass is 527 g/mol. The molecule has 8 heteroatoms. The lowest BCUT2D eigenvalue weighted by atomic mass is 9.97. The molecule has 2 atom stereocenters.